The minimum Gasteiger partial charge on any atom is -0.391 e. The quantitative estimate of drug-likeness (QED) is 0.801. The zero-order valence-corrected chi connectivity index (χ0v) is 13.3. The maximum atomic E-state index is 10.6. The Bertz CT molecular complexity index is 275. The highest BCUT2D eigenvalue weighted by molar-refractivity contribution is 4.90. The Kier molecular flexibility index (Phi) is 4.94. The van der Waals surface area contributed by atoms with E-state index in [9.17, 15) is 5.11 Å². The van der Waals surface area contributed by atoms with Crippen LogP contribution in [0.2, 0.25) is 0 Å². The van der Waals surface area contributed by atoms with Crippen molar-refractivity contribution in [2.75, 3.05) is 6.54 Å². The van der Waals surface area contributed by atoms with Crippen LogP contribution in [0.15, 0.2) is 0 Å². The predicted molar refractivity (Wildman–Crippen MR) is 81.1 cm³/mol. The molecule has 3 atom stereocenters. The molecule has 1 saturated heterocycles. The molecule has 0 spiro atoms. The summed E-state index contributed by atoms with van der Waals surface area (Å²) in [5, 5.41) is 14.2. The minimum absolute atomic E-state index is 0.122. The van der Waals surface area contributed by atoms with Crippen molar-refractivity contribution in [3.63, 3.8) is 0 Å². The molecule has 0 radical (unpaired) electrons. The third-order valence-electron chi connectivity index (χ3n) is 5.59. The highest BCUT2D eigenvalue weighted by atomic mass is 16.3. The molecule has 0 bridgehead atoms. The van der Waals surface area contributed by atoms with Crippen LogP contribution in [-0.4, -0.2) is 23.8 Å². The van der Waals surface area contributed by atoms with Crippen LogP contribution in [0.25, 0.3) is 0 Å². The summed E-state index contributed by atoms with van der Waals surface area (Å²) in [5.41, 5.74) is 0.438. The van der Waals surface area contributed by atoms with Crippen LogP contribution < -0.4 is 5.32 Å². The van der Waals surface area contributed by atoms with Crippen molar-refractivity contribution in [1.29, 1.82) is 0 Å². The number of rotatable bonds is 2. The summed E-state index contributed by atoms with van der Waals surface area (Å²) in [6.45, 7) is 10.5. The Morgan fingerprint density at radius 3 is 2.21 bits per heavy atom. The lowest BCUT2D eigenvalue weighted by Crippen LogP contribution is -2.49. The molecule has 0 amide bonds. The first-order valence-electron chi connectivity index (χ1n) is 8.29. The summed E-state index contributed by atoms with van der Waals surface area (Å²) in [6, 6.07) is 0.347. The monoisotopic (exact) mass is 267 g/mol. The number of aliphatic hydroxyl groups is 1. The van der Waals surface area contributed by atoms with Gasteiger partial charge >= 0.3 is 0 Å². The van der Waals surface area contributed by atoms with E-state index in [2.05, 4.69) is 33.0 Å². The van der Waals surface area contributed by atoms with E-state index in [1.165, 1.54) is 32.1 Å². The molecule has 112 valence electrons. The van der Waals surface area contributed by atoms with Crippen LogP contribution in [0.4, 0.5) is 0 Å². The molecule has 19 heavy (non-hydrogen) atoms. The van der Waals surface area contributed by atoms with E-state index in [-0.39, 0.29) is 6.10 Å². The van der Waals surface area contributed by atoms with E-state index < -0.39 is 0 Å². The molecule has 1 heterocycles. The molecule has 0 aromatic heterocycles. The molecule has 2 nitrogen and oxygen atoms in total. The van der Waals surface area contributed by atoms with Gasteiger partial charge in [0.05, 0.1) is 6.10 Å². The first-order chi connectivity index (χ1) is 8.88. The van der Waals surface area contributed by atoms with E-state index in [1.807, 2.05) is 0 Å². The normalized spacial score (nSPS) is 39.0. The molecule has 0 aromatic carbocycles. The summed E-state index contributed by atoms with van der Waals surface area (Å²) in [6.07, 6.45) is 7.33. The zero-order chi connectivity index (χ0) is 14.0. The summed E-state index contributed by atoms with van der Waals surface area (Å²) in [4.78, 5) is 0. The maximum absolute atomic E-state index is 10.6. The van der Waals surface area contributed by atoms with Gasteiger partial charge in [0.15, 0.2) is 0 Å². The second-order valence-electron chi connectivity index (χ2n) is 8.16. The topological polar surface area (TPSA) is 32.3 Å². The van der Waals surface area contributed by atoms with Crippen molar-refractivity contribution in [2.45, 2.75) is 78.4 Å². The molecule has 3 unspecified atom stereocenters. The maximum Gasteiger partial charge on any atom is 0.0721 e. The molecular weight excluding hydrogens is 234 g/mol. The van der Waals surface area contributed by atoms with Gasteiger partial charge in [0.2, 0.25) is 0 Å². The lowest BCUT2D eigenvalue weighted by molar-refractivity contribution is 0.0165. The molecule has 1 aliphatic heterocycles. The van der Waals surface area contributed by atoms with Crippen LogP contribution >= 0.6 is 0 Å². The van der Waals surface area contributed by atoms with Gasteiger partial charge in [-0.3, -0.25) is 0 Å². The number of hydrogen-bond donors (Lipinski definition) is 2. The van der Waals surface area contributed by atoms with Gasteiger partial charge in [-0.1, -0.05) is 27.7 Å². The van der Waals surface area contributed by atoms with E-state index in [0.717, 1.165) is 24.8 Å². The highest BCUT2D eigenvalue weighted by Gasteiger charge is 2.35. The summed E-state index contributed by atoms with van der Waals surface area (Å²) < 4.78 is 0. The third-order valence-corrected chi connectivity index (χ3v) is 5.59. The van der Waals surface area contributed by atoms with Gasteiger partial charge < -0.3 is 10.4 Å². The lowest BCUT2D eigenvalue weighted by Gasteiger charge is -2.41. The second-order valence-corrected chi connectivity index (χ2v) is 8.16. The number of hydrogen-bond acceptors (Lipinski definition) is 2. The first kappa shape index (κ1) is 15.3. The van der Waals surface area contributed by atoms with Gasteiger partial charge in [0, 0.05) is 6.04 Å². The number of aliphatic hydroxyl groups excluding tert-OH is 1. The summed E-state index contributed by atoms with van der Waals surface area (Å²) in [7, 11) is 0. The number of piperidine rings is 1. The zero-order valence-electron chi connectivity index (χ0n) is 13.3. The Morgan fingerprint density at radius 1 is 1.05 bits per heavy atom. The van der Waals surface area contributed by atoms with Crippen molar-refractivity contribution < 1.29 is 5.11 Å². The average Bonchev–Trinajstić information content (AvgIpc) is 2.37. The molecule has 0 aromatic rings. The Hall–Kier alpha value is -0.0800. The SMILES string of the molecule is CC1CCNC(C(O)C2CCC(C(C)(C)C)CC2)C1. The second kappa shape index (κ2) is 6.13. The fraction of sp³-hybridized carbons (Fsp3) is 1.00. The molecule has 2 fully saturated rings. The van der Waals surface area contributed by atoms with Crippen molar-refractivity contribution in [2.24, 2.45) is 23.2 Å². The van der Waals surface area contributed by atoms with Gasteiger partial charge in [0.1, 0.15) is 0 Å². The van der Waals surface area contributed by atoms with Gasteiger partial charge in [0.25, 0.3) is 0 Å². The van der Waals surface area contributed by atoms with Gasteiger partial charge in [-0.15, -0.1) is 0 Å². The molecule has 1 aliphatic carbocycles. The Morgan fingerprint density at radius 2 is 1.68 bits per heavy atom. The number of nitrogens with one attached hydrogen (secondary N) is 1. The third kappa shape index (κ3) is 3.95. The molecular formula is C17H33NO. The van der Waals surface area contributed by atoms with E-state index in [1.54, 1.807) is 0 Å². The van der Waals surface area contributed by atoms with Crippen LogP contribution in [0, 0.1) is 23.2 Å². The van der Waals surface area contributed by atoms with Crippen LogP contribution in [0.3, 0.4) is 0 Å². The van der Waals surface area contributed by atoms with Crippen molar-refractivity contribution >= 4 is 0 Å². The van der Waals surface area contributed by atoms with Crippen molar-refractivity contribution in [3.05, 3.63) is 0 Å². The lowest BCUT2D eigenvalue weighted by atomic mass is 9.68. The first-order valence-corrected chi connectivity index (χ1v) is 8.29. The minimum atomic E-state index is -0.122. The van der Waals surface area contributed by atoms with E-state index >= 15 is 0 Å². The highest BCUT2D eigenvalue weighted by Crippen LogP contribution is 2.41. The Balaban J connectivity index is 1.83. The smallest absolute Gasteiger partial charge is 0.0721 e. The molecule has 2 N–H and O–H groups in total. The largest absolute Gasteiger partial charge is 0.391 e. The predicted octanol–water partition coefficient (Wildman–Crippen LogP) is 3.59. The molecule has 2 heteroatoms. The average molecular weight is 267 g/mol. The molecule has 2 aliphatic rings. The van der Waals surface area contributed by atoms with Gasteiger partial charge in [-0.2, -0.15) is 0 Å². The fourth-order valence-corrected chi connectivity index (χ4v) is 4.07. The van der Waals surface area contributed by atoms with E-state index in [4.69, 9.17) is 0 Å². The fourth-order valence-electron chi connectivity index (χ4n) is 4.07. The van der Waals surface area contributed by atoms with Crippen LogP contribution in [0.1, 0.15) is 66.2 Å². The van der Waals surface area contributed by atoms with Gasteiger partial charge in [-0.05, 0) is 68.2 Å². The van der Waals surface area contributed by atoms with Crippen molar-refractivity contribution in [1.82, 2.24) is 5.32 Å². The molecule has 1 saturated carbocycles. The van der Waals surface area contributed by atoms with E-state index in [0.29, 0.717) is 17.4 Å². The summed E-state index contributed by atoms with van der Waals surface area (Å²) >= 11 is 0. The molecule has 2 rings (SSSR count). The van der Waals surface area contributed by atoms with Crippen LogP contribution in [-0.2, 0) is 0 Å². The summed E-state index contributed by atoms with van der Waals surface area (Å²) in [5.74, 6) is 2.14. The Labute approximate surface area is 119 Å². The van der Waals surface area contributed by atoms with Crippen LogP contribution in [0.5, 0.6) is 0 Å². The van der Waals surface area contributed by atoms with Crippen molar-refractivity contribution in [3.8, 4) is 0 Å². The van der Waals surface area contributed by atoms with Gasteiger partial charge in [-0.25, -0.2) is 0 Å². The standard InChI is InChI=1S/C17H33NO/c1-12-9-10-18-15(11-12)16(19)13-5-7-14(8-6-13)17(2,3)4/h12-16,18-19H,5-11H2,1-4H3.